The number of rotatable bonds is 7. The van der Waals surface area contributed by atoms with E-state index in [4.69, 9.17) is 16.3 Å². The number of carbonyl (C=O) groups excluding carboxylic acids is 2. The second-order valence-electron chi connectivity index (χ2n) is 6.75. The number of nitrogens with zero attached hydrogens (tertiary/aromatic N) is 2. The number of anilines is 3. The Labute approximate surface area is 193 Å². The first-order valence-electron chi connectivity index (χ1n) is 9.28. The summed E-state index contributed by atoms with van der Waals surface area (Å²) in [5.41, 5.74) is 0.851. The Hall–Kier alpha value is -3.15. The first-order chi connectivity index (χ1) is 15.3. The third kappa shape index (κ3) is 4.40. The number of ether oxygens (including phenoxy) is 1. The molecule has 0 spiro atoms. The lowest BCUT2D eigenvalue weighted by atomic mass is 10.2. The minimum Gasteiger partial charge on any atom is -0.495 e. The summed E-state index contributed by atoms with van der Waals surface area (Å²) in [6, 6.07) is 9.73. The minimum absolute atomic E-state index is 0.0431. The van der Waals surface area contributed by atoms with Gasteiger partial charge in [-0.3, -0.25) is 14.3 Å². The van der Waals surface area contributed by atoms with Crippen LogP contribution in [0, 0.1) is 0 Å². The molecule has 2 heterocycles. The van der Waals surface area contributed by atoms with E-state index in [-0.39, 0.29) is 27.4 Å². The number of amides is 2. The van der Waals surface area contributed by atoms with Gasteiger partial charge in [-0.1, -0.05) is 11.6 Å². The van der Waals surface area contributed by atoms with Gasteiger partial charge in [0.05, 0.1) is 29.1 Å². The molecule has 1 saturated heterocycles. The van der Waals surface area contributed by atoms with Crippen LogP contribution in [-0.4, -0.2) is 38.4 Å². The average Bonchev–Trinajstić information content (AvgIpc) is 3.35. The van der Waals surface area contributed by atoms with Crippen LogP contribution in [0.25, 0.3) is 0 Å². The fraction of sp³-hybridized carbons (Fsp3) is 0.150. The van der Waals surface area contributed by atoms with Gasteiger partial charge in [0.1, 0.15) is 11.8 Å². The molecule has 0 radical (unpaired) electrons. The van der Waals surface area contributed by atoms with Crippen LogP contribution in [0.3, 0.4) is 0 Å². The van der Waals surface area contributed by atoms with Crippen LogP contribution < -0.4 is 19.7 Å². The third-order valence-corrected chi connectivity index (χ3v) is 7.17. The number of carbonyl (C=O) groups is 2. The van der Waals surface area contributed by atoms with Crippen LogP contribution >= 0.6 is 22.9 Å². The lowest BCUT2D eigenvalue weighted by molar-refractivity contribution is -0.121. The molecule has 1 fully saturated rings. The van der Waals surface area contributed by atoms with E-state index in [1.54, 1.807) is 17.5 Å². The molecule has 2 N–H and O–H groups in total. The van der Waals surface area contributed by atoms with Crippen molar-refractivity contribution < 1.29 is 22.7 Å². The van der Waals surface area contributed by atoms with Gasteiger partial charge < -0.3 is 10.1 Å². The highest BCUT2D eigenvalue weighted by Gasteiger charge is 2.39. The number of aromatic nitrogens is 1. The van der Waals surface area contributed by atoms with Crippen molar-refractivity contribution in [2.75, 3.05) is 22.0 Å². The van der Waals surface area contributed by atoms with Crippen LogP contribution in [0.4, 0.5) is 16.5 Å². The average molecular weight is 493 g/mol. The predicted molar refractivity (Wildman–Crippen MR) is 122 cm³/mol. The summed E-state index contributed by atoms with van der Waals surface area (Å²) in [6.45, 7) is 0. The minimum atomic E-state index is -3.78. The van der Waals surface area contributed by atoms with Crippen molar-refractivity contribution in [3.63, 3.8) is 0 Å². The van der Waals surface area contributed by atoms with Gasteiger partial charge in [0, 0.05) is 17.3 Å². The molecular formula is C20H17ClN4O5S2. The van der Waals surface area contributed by atoms with E-state index in [2.05, 4.69) is 15.0 Å². The van der Waals surface area contributed by atoms with Crippen molar-refractivity contribution in [2.45, 2.75) is 17.4 Å². The van der Waals surface area contributed by atoms with E-state index in [1.807, 2.05) is 0 Å². The zero-order valence-corrected chi connectivity index (χ0v) is 19.0. The highest BCUT2D eigenvalue weighted by Crippen LogP contribution is 2.32. The van der Waals surface area contributed by atoms with Gasteiger partial charge in [0.15, 0.2) is 5.13 Å². The zero-order chi connectivity index (χ0) is 22.9. The summed E-state index contributed by atoms with van der Waals surface area (Å²) in [6.07, 6.45) is 1.45. The van der Waals surface area contributed by atoms with Gasteiger partial charge in [0.25, 0.3) is 15.9 Å². The number of hydrogen-bond donors (Lipinski definition) is 2. The molecule has 1 aromatic heterocycles. The van der Waals surface area contributed by atoms with Gasteiger partial charge in [0.2, 0.25) is 5.91 Å². The highest BCUT2D eigenvalue weighted by atomic mass is 35.5. The number of imide groups is 1. The summed E-state index contributed by atoms with van der Waals surface area (Å²) >= 11 is 7.29. The van der Waals surface area contributed by atoms with Gasteiger partial charge in [-0.2, -0.15) is 0 Å². The standard InChI is InChI=1S/C20H17ClN4O5S2/c1-30-17-7-4-13(10-15(17)21)25-18(26)11-16(19(25)27)23-12-2-5-14(6-3-12)32(28,29)24-20-22-8-9-31-20/h2-10,16,23H,11H2,1H3,(H,22,24)/t16-/m0/s1. The second-order valence-corrected chi connectivity index (χ2v) is 9.74. The molecule has 0 unspecified atom stereocenters. The van der Waals surface area contributed by atoms with Gasteiger partial charge >= 0.3 is 0 Å². The van der Waals surface area contributed by atoms with Gasteiger partial charge in [-0.15, -0.1) is 11.3 Å². The fourth-order valence-corrected chi connectivity index (χ4v) is 5.23. The van der Waals surface area contributed by atoms with Crippen LogP contribution in [0.1, 0.15) is 6.42 Å². The van der Waals surface area contributed by atoms with Gasteiger partial charge in [-0.25, -0.2) is 18.3 Å². The quantitative estimate of drug-likeness (QED) is 0.485. The fourth-order valence-electron chi connectivity index (χ4n) is 3.19. The Morgan fingerprint density at radius 2 is 1.94 bits per heavy atom. The number of benzene rings is 2. The summed E-state index contributed by atoms with van der Waals surface area (Å²) in [7, 11) is -2.31. The summed E-state index contributed by atoms with van der Waals surface area (Å²) < 4.78 is 32.4. The van der Waals surface area contributed by atoms with Crippen LogP contribution in [0.2, 0.25) is 5.02 Å². The molecule has 0 aliphatic carbocycles. The Morgan fingerprint density at radius 1 is 1.19 bits per heavy atom. The van der Waals surface area contributed by atoms with E-state index in [1.165, 1.54) is 55.0 Å². The van der Waals surface area contributed by atoms with Gasteiger partial charge in [-0.05, 0) is 42.5 Å². The summed E-state index contributed by atoms with van der Waals surface area (Å²) in [5, 5.41) is 5.19. The molecule has 166 valence electrons. The number of hydrogen-bond acceptors (Lipinski definition) is 8. The van der Waals surface area contributed by atoms with E-state index in [0.717, 1.165) is 4.90 Å². The molecule has 2 amide bonds. The lowest BCUT2D eigenvalue weighted by Crippen LogP contribution is -2.34. The van der Waals surface area contributed by atoms with Crippen LogP contribution in [0.5, 0.6) is 5.75 Å². The molecule has 2 aromatic carbocycles. The summed E-state index contributed by atoms with van der Waals surface area (Å²) in [5.74, 6) is -0.373. The molecule has 3 aromatic rings. The Morgan fingerprint density at radius 3 is 2.56 bits per heavy atom. The Balaban J connectivity index is 1.47. The van der Waals surface area contributed by atoms with Crippen molar-refractivity contribution in [1.82, 2.24) is 4.98 Å². The molecule has 9 nitrogen and oxygen atoms in total. The number of thiazole rings is 1. The predicted octanol–water partition coefficient (Wildman–Crippen LogP) is 3.35. The highest BCUT2D eigenvalue weighted by molar-refractivity contribution is 7.93. The zero-order valence-electron chi connectivity index (χ0n) is 16.6. The Bertz CT molecular complexity index is 1260. The molecule has 4 rings (SSSR count). The maximum absolute atomic E-state index is 12.8. The molecule has 1 atom stereocenters. The second kappa shape index (κ2) is 8.77. The number of methoxy groups -OCH3 is 1. The third-order valence-electron chi connectivity index (χ3n) is 4.70. The van der Waals surface area contributed by atoms with E-state index in [0.29, 0.717) is 17.1 Å². The maximum atomic E-state index is 12.8. The molecular weight excluding hydrogens is 476 g/mol. The summed E-state index contributed by atoms with van der Waals surface area (Å²) in [4.78, 5) is 30.3. The molecule has 1 aliphatic rings. The topological polar surface area (TPSA) is 118 Å². The van der Waals surface area contributed by atoms with Crippen molar-refractivity contribution in [2.24, 2.45) is 0 Å². The largest absolute Gasteiger partial charge is 0.495 e. The van der Waals surface area contributed by atoms with Crippen molar-refractivity contribution in [3.05, 3.63) is 59.1 Å². The maximum Gasteiger partial charge on any atom is 0.263 e. The van der Waals surface area contributed by atoms with Crippen molar-refractivity contribution in [1.29, 1.82) is 0 Å². The smallest absolute Gasteiger partial charge is 0.263 e. The van der Waals surface area contributed by atoms with Crippen LogP contribution in [-0.2, 0) is 19.6 Å². The van der Waals surface area contributed by atoms with E-state index < -0.39 is 22.0 Å². The first kappa shape index (κ1) is 22.1. The van der Waals surface area contributed by atoms with Crippen molar-refractivity contribution in [3.8, 4) is 5.75 Å². The van der Waals surface area contributed by atoms with E-state index in [9.17, 15) is 18.0 Å². The number of nitrogens with one attached hydrogen (secondary N) is 2. The monoisotopic (exact) mass is 492 g/mol. The molecule has 0 saturated carbocycles. The SMILES string of the molecule is COc1ccc(N2C(=O)C[C@H](Nc3ccc(S(=O)(=O)Nc4nccs4)cc3)C2=O)cc1Cl. The normalized spacial score (nSPS) is 16.3. The molecule has 32 heavy (non-hydrogen) atoms. The van der Waals surface area contributed by atoms with Crippen LogP contribution in [0.15, 0.2) is 58.9 Å². The molecule has 12 heteroatoms. The molecule has 1 aliphatic heterocycles. The number of sulfonamides is 1. The molecule has 0 bridgehead atoms. The Kier molecular flexibility index (Phi) is 6.04. The first-order valence-corrected chi connectivity index (χ1v) is 12.0. The lowest BCUT2D eigenvalue weighted by Gasteiger charge is -2.17. The number of halogens is 1. The van der Waals surface area contributed by atoms with Crippen molar-refractivity contribution >= 4 is 61.3 Å². The van der Waals surface area contributed by atoms with E-state index >= 15 is 0 Å².